The lowest BCUT2D eigenvalue weighted by Crippen LogP contribution is -2.14. The molecular weight excluding hydrogens is 294 g/mol. The Labute approximate surface area is 134 Å². The van der Waals surface area contributed by atoms with E-state index in [4.69, 9.17) is 9.84 Å². The van der Waals surface area contributed by atoms with Crippen LogP contribution in [0.5, 0.6) is 5.75 Å². The Morgan fingerprint density at radius 3 is 2.43 bits per heavy atom. The summed E-state index contributed by atoms with van der Waals surface area (Å²) in [6, 6.07) is 12.4. The molecule has 2 aromatic rings. The highest BCUT2D eigenvalue weighted by atomic mass is 16.5. The number of aromatic carboxylic acids is 1. The standard InChI is InChI=1S/C18H19NO4/c1-12-15(18(21)22)4-3-5-16(12)19-17(20)11-8-13-6-9-14(23-2)10-7-13/h3-7,9-10H,8,11H2,1-2H3,(H,19,20)(H,21,22). The Balaban J connectivity index is 1.97. The van der Waals surface area contributed by atoms with Crippen LogP contribution in [-0.4, -0.2) is 24.1 Å². The van der Waals surface area contributed by atoms with Crippen molar-refractivity contribution in [1.29, 1.82) is 0 Å². The molecule has 23 heavy (non-hydrogen) atoms. The van der Waals surface area contributed by atoms with E-state index in [0.717, 1.165) is 11.3 Å². The first-order valence-corrected chi connectivity index (χ1v) is 7.27. The van der Waals surface area contributed by atoms with E-state index < -0.39 is 5.97 Å². The summed E-state index contributed by atoms with van der Waals surface area (Å²) < 4.78 is 5.09. The number of aryl methyl sites for hydroxylation is 1. The van der Waals surface area contributed by atoms with Crippen molar-refractivity contribution in [2.45, 2.75) is 19.8 Å². The third-order valence-corrected chi connectivity index (χ3v) is 3.64. The predicted molar refractivity (Wildman–Crippen MR) is 88.1 cm³/mol. The van der Waals surface area contributed by atoms with Crippen LogP contribution in [-0.2, 0) is 11.2 Å². The second kappa shape index (κ2) is 7.45. The van der Waals surface area contributed by atoms with Crippen LogP contribution in [0.15, 0.2) is 42.5 Å². The lowest BCUT2D eigenvalue weighted by atomic mass is 10.1. The van der Waals surface area contributed by atoms with Gasteiger partial charge < -0.3 is 15.2 Å². The molecule has 0 saturated heterocycles. The summed E-state index contributed by atoms with van der Waals surface area (Å²) in [4.78, 5) is 23.2. The van der Waals surface area contributed by atoms with Crippen molar-refractivity contribution >= 4 is 17.6 Å². The van der Waals surface area contributed by atoms with Crippen LogP contribution in [0, 0.1) is 6.92 Å². The summed E-state index contributed by atoms with van der Waals surface area (Å²) in [5, 5.41) is 11.9. The first-order valence-electron chi connectivity index (χ1n) is 7.27. The molecule has 0 aliphatic rings. The number of hydrogen-bond donors (Lipinski definition) is 2. The van der Waals surface area contributed by atoms with Crippen molar-refractivity contribution in [3.05, 3.63) is 59.2 Å². The molecule has 0 aliphatic carbocycles. The highest BCUT2D eigenvalue weighted by Gasteiger charge is 2.12. The summed E-state index contributed by atoms with van der Waals surface area (Å²) >= 11 is 0. The molecule has 0 radical (unpaired) electrons. The van der Waals surface area contributed by atoms with Gasteiger partial charge in [-0.25, -0.2) is 4.79 Å². The van der Waals surface area contributed by atoms with Gasteiger partial charge in [0, 0.05) is 12.1 Å². The summed E-state index contributed by atoms with van der Waals surface area (Å²) in [5.41, 5.74) is 2.32. The molecule has 0 fully saturated rings. The number of carbonyl (C=O) groups is 2. The third kappa shape index (κ3) is 4.32. The van der Waals surface area contributed by atoms with Crippen molar-refractivity contribution in [2.75, 3.05) is 12.4 Å². The first kappa shape index (κ1) is 16.5. The minimum atomic E-state index is -1.00. The zero-order chi connectivity index (χ0) is 16.8. The number of carboxylic acids is 1. The van der Waals surface area contributed by atoms with Gasteiger partial charge in [-0.05, 0) is 48.7 Å². The van der Waals surface area contributed by atoms with E-state index in [2.05, 4.69) is 5.32 Å². The van der Waals surface area contributed by atoms with Crippen molar-refractivity contribution in [1.82, 2.24) is 0 Å². The highest BCUT2D eigenvalue weighted by molar-refractivity contribution is 5.96. The van der Waals surface area contributed by atoms with E-state index in [1.807, 2.05) is 24.3 Å². The van der Waals surface area contributed by atoms with Gasteiger partial charge in [0.05, 0.1) is 12.7 Å². The van der Waals surface area contributed by atoms with E-state index in [-0.39, 0.29) is 11.5 Å². The van der Waals surface area contributed by atoms with Crippen molar-refractivity contribution in [3.8, 4) is 5.75 Å². The monoisotopic (exact) mass is 313 g/mol. The molecule has 2 rings (SSSR count). The molecule has 120 valence electrons. The number of carboxylic acid groups (broad SMARTS) is 1. The summed E-state index contributed by atoms with van der Waals surface area (Å²) in [7, 11) is 1.61. The van der Waals surface area contributed by atoms with Gasteiger partial charge in [-0.3, -0.25) is 4.79 Å². The molecule has 0 heterocycles. The van der Waals surface area contributed by atoms with Gasteiger partial charge in [0.2, 0.25) is 5.91 Å². The molecule has 0 unspecified atom stereocenters. The molecule has 0 aliphatic heterocycles. The number of carbonyl (C=O) groups excluding carboxylic acids is 1. The molecule has 5 heteroatoms. The van der Waals surface area contributed by atoms with Gasteiger partial charge in [-0.15, -0.1) is 0 Å². The van der Waals surface area contributed by atoms with Gasteiger partial charge in [-0.2, -0.15) is 0 Å². The molecule has 2 aromatic carbocycles. The molecule has 0 saturated carbocycles. The maximum Gasteiger partial charge on any atom is 0.336 e. The molecular formula is C18H19NO4. The van der Waals surface area contributed by atoms with Crippen molar-refractivity contribution in [3.63, 3.8) is 0 Å². The number of rotatable bonds is 6. The quantitative estimate of drug-likeness (QED) is 0.858. The number of hydrogen-bond acceptors (Lipinski definition) is 3. The largest absolute Gasteiger partial charge is 0.497 e. The zero-order valence-corrected chi connectivity index (χ0v) is 13.1. The molecule has 1 amide bonds. The summed E-state index contributed by atoms with van der Waals surface area (Å²) in [6.07, 6.45) is 0.927. The lowest BCUT2D eigenvalue weighted by molar-refractivity contribution is -0.116. The van der Waals surface area contributed by atoms with Crippen LogP contribution in [0.4, 0.5) is 5.69 Å². The number of amides is 1. The maximum absolute atomic E-state index is 12.1. The van der Waals surface area contributed by atoms with Crippen LogP contribution in [0.25, 0.3) is 0 Å². The number of benzene rings is 2. The summed E-state index contributed by atoms with van der Waals surface area (Å²) in [5.74, 6) is -0.373. The third-order valence-electron chi connectivity index (χ3n) is 3.64. The molecule has 2 N–H and O–H groups in total. The second-order valence-corrected chi connectivity index (χ2v) is 5.18. The normalized spacial score (nSPS) is 10.2. The Bertz CT molecular complexity index is 707. The van der Waals surface area contributed by atoms with E-state index in [0.29, 0.717) is 24.1 Å². The Morgan fingerprint density at radius 1 is 1.13 bits per heavy atom. The number of ether oxygens (including phenoxy) is 1. The zero-order valence-electron chi connectivity index (χ0n) is 13.1. The fourth-order valence-electron chi connectivity index (χ4n) is 2.27. The average Bonchev–Trinajstić information content (AvgIpc) is 2.55. The topological polar surface area (TPSA) is 75.6 Å². The van der Waals surface area contributed by atoms with Crippen molar-refractivity contribution in [2.24, 2.45) is 0 Å². The lowest BCUT2D eigenvalue weighted by Gasteiger charge is -2.10. The van der Waals surface area contributed by atoms with Crippen LogP contribution in [0.2, 0.25) is 0 Å². The summed E-state index contributed by atoms with van der Waals surface area (Å²) in [6.45, 7) is 1.68. The molecule has 0 bridgehead atoms. The van der Waals surface area contributed by atoms with E-state index in [9.17, 15) is 9.59 Å². The maximum atomic E-state index is 12.1. The van der Waals surface area contributed by atoms with E-state index >= 15 is 0 Å². The highest BCUT2D eigenvalue weighted by Crippen LogP contribution is 2.19. The Hall–Kier alpha value is -2.82. The SMILES string of the molecule is COc1ccc(CCC(=O)Nc2cccc(C(=O)O)c2C)cc1. The first-order chi connectivity index (χ1) is 11.0. The minimum absolute atomic E-state index is 0.147. The van der Waals surface area contributed by atoms with Crippen LogP contribution in [0.3, 0.4) is 0 Å². The molecule has 0 atom stereocenters. The number of anilines is 1. The molecule has 0 spiro atoms. The van der Waals surface area contributed by atoms with E-state index in [1.54, 1.807) is 26.2 Å². The molecule has 0 aromatic heterocycles. The van der Waals surface area contributed by atoms with Crippen LogP contribution >= 0.6 is 0 Å². The fourth-order valence-corrected chi connectivity index (χ4v) is 2.27. The minimum Gasteiger partial charge on any atom is -0.497 e. The smallest absolute Gasteiger partial charge is 0.336 e. The van der Waals surface area contributed by atoms with Crippen LogP contribution < -0.4 is 10.1 Å². The van der Waals surface area contributed by atoms with E-state index in [1.165, 1.54) is 6.07 Å². The predicted octanol–water partition coefficient (Wildman–Crippen LogP) is 3.27. The van der Waals surface area contributed by atoms with Crippen LogP contribution in [0.1, 0.15) is 27.9 Å². The molecule has 5 nitrogen and oxygen atoms in total. The number of nitrogens with one attached hydrogen (secondary N) is 1. The number of methoxy groups -OCH3 is 1. The Morgan fingerprint density at radius 2 is 1.83 bits per heavy atom. The average molecular weight is 313 g/mol. The second-order valence-electron chi connectivity index (χ2n) is 5.18. The van der Waals surface area contributed by atoms with Crippen molar-refractivity contribution < 1.29 is 19.4 Å². The van der Waals surface area contributed by atoms with Gasteiger partial charge in [0.1, 0.15) is 5.75 Å². The Kier molecular flexibility index (Phi) is 5.36. The fraction of sp³-hybridized carbons (Fsp3) is 0.222. The van der Waals surface area contributed by atoms with Gasteiger partial charge >= 0.3 is 5.97 Å². The van der Waals surface area contributed by atoms with Gasteiger partial charge in [0.25, 0.3) is 0 Å². The van der Waals surface area contributed by atoms with Gasteiger partial charge in [0.15, 0.2) is 0 Å². The van der Waals surface area contributed by atoms with Gasteiger partial charge in [-0.1, -0.05) is 18.2 Å².